The van der Waals surface area contributed by atoms with Crippen LogP contribution in [0.25, 0.3) is 11.3 Å². The third-order valence-corrected chi connectivity index (χ3v) is 3.63. The van der Waals surface area contributed by atoms with E-state index in [1.54, 1.807) is 6.20 Å². The van der Waals surface area contributed by atoms with Crippen LogP contribution in [0.15, 0.2) is 66.9 Å². The van der Waals surface area contributed by atoms with Crippen LogP contribution >= 0.6 is 0 Å². The molecule has 0 bridgehead atoms. The Bertz CT molecular complexity index is 752. The third kappa shape index (κ3) is 3.86. The lowest BCUT2D eigenvalue weighted by Crippen LogP contribution is -2.08. The van der Waals surface area contributed by atoms with Gasteiger partial charge in [0.05, 0.1) is 5.69 Å². The van der Waals surface area contributed by atoms with Crippen molar-refractivity contribution < 1.29 is 0 Å². The first-order valence-corrected chi connectivity index (χ1v) is 7.61. The van der Waals surface area contributed by atoms with Crippen molar-refractivity contribution in [2.45, 2.75) is 6.54 Å². The normalized spacial score (nSPS) is 10.3. The Morgan fingerprint density at radius 2 is 1.65 bits per heavy atom. The smallest absolute Gasteiger partial charge is 0.223 e. The van der Waals surface area contributed by atoms with Crippen molar-refractivity contribution in [1.29, 1.82) is 0 Å². The fraction of sp³-hybridized carbons (Fsp3) is 0.158. The Labute approximate surface area is 136 Å². The number of nitrogens with one attached hydrogen (secondary N) is 1. The standard InChI is InChI=1S/C19H20N4/c1-23(2)17-10-8-16(9-11-17)18-12-13-20-19(22-18)21-14-15-6-4-3-5-7-15/h3-13H,14H2,1-2H3,(H,20,21,22). The topological polar surface area (TPSA) is 41.1 Å². The van der Waals surface area contributed by atoms with E-state index in [4.69, 9.17) is 0 Å². The Balaban J connectivity index is 1.74. The molecule has 3 rings (SSSR count). The second kappa shape index (κ2) is 6.92. The molecule has 0 radical (unpaired) electrons. The fourth-order valence-corrected chi connectivity index (χ4v) is 2.31. The van der Waals surface area contributed by atoms with Gasteiger partial charge in [-0.3, -0.25) is 0 Å². The first-order valence-electron chi connectivity index (χ1n) is 7.61. The quantitative estimate of drug-likeness (QED) is 0.778. The predicted molar refractivity (Wildman–Crippen MR) is 95.6 cm³/mol. The highest BCUT2D eigenvalue weighted by molar-refractivity contribution is 5.63. The Hall–Kier alpha value is -2.88. The molecule has 0 aliphatic carbocycles. The molecule has 0 atom stereocenters. The van der Waals surface area contributed by atoms with Crippen LogP contribution in [0.1, 0.15) is 5.56 Å². The minimum absolute atomic E-state index is 0.642. The van der Waals surface area contributed by atoms with Crippen molar-refractivity contribution in [1.82, 2.24) is 9.97 Å². The van der Waals surface area contributed by atoms with E-state index in [0.29, 0.717) is 12.5 Å². The summed E-state index contributed by atoms with van der Waals surface area (Å²) in [6.45, 7) is 0.712. The van der Waals surface area contributed by atoms with Crippen LogP contribution in [-0.2, 0) is 6.54 Å². The maximum atomic E-state index is 4.60. The number of nitrogens with zero attached hydrogens (tertiary/aromatic N) is 3. The molecule has 1 aromatic heterocycles. The predicted octanol–water partition coefficient (Wildman–Crippen LogP) is 3.82. The molecule has 3 aromatic rings. The van der Waals surface area contributed by atoms with Gasteiger partial charge in [-0.2, -0.15) is 0 Å². The molecule has 2 aromatic carbocycles. The molecule has 0 unspecified atom stereocenters. The maximum absolute atomic E-state index is 4.60. The molecule has 0 saturated carbocycles. The number of aromatic nitrogens is 2. The van der Waals surface area contributed by atoms with E-state index >= 15 is 0 Å². The van der Waals surface area contributed by atoms with Gasteiger partial charge in [-0.25, -0.2) is 9.97 Å². The second-order valence-electron chi connectivity index (χ2n) is 5.55. The Kier molecular flexibility index (Phi) is 4.52. The van der Waals surface area contributed by atoms with E-state index in [0.717, 1.165) is 11.3 Å². The van der Waals surface area contributed by atoms with Crippen LogP contribution in [0.4, 0.5) is 11.6 Å². The summed E-state index contributed by atoms with van der Waals surface area (Å²) in [5.41, 5.74) is 4.38. The molecule has 4 nitrogen and oxygen atoms in total. The molecule has 1 heterocycles. The Morgan fingerprint density at radius 3 is 2.35 bits per heavy atom. The third-order valence-electron chi connectivity index (χ3n) is 3.63. The molecule has 0 spiro atoms. The fourth-order valence-electron chi connectivity index (χ4n) is 2.31. The van der Waals surface area contributed by atoms with Crippen LogP contribution < -0.4 is 10.2 Å². The summed E-state index contributed by atoms with van der Waals surface area (Å²) < 4.78 is 0. The summed E-state index contributed by atoms with van der Waals surface area (Å²) in [5, 5.41) is 3.27. The highest BCUT2D eigenvalue weighted by Crippen LogP contribution is 2.21. The zero-order valence-electron chi connectivity index (χ0n) is 13.4. The maximum Gasteiger partial charge on any atom is 0.223 e. The van der Waals surface area contributed by atoms with Crippen LogP contribution in [0.5, 0.6) is 0 Å². The summed E-state index contributed by atoms with van der Waals surface area (Å²) in [4.78, 5) is 11.0. The van der Waals surface area contributed by atoms with Gasteiger partial charge in [0.2, 0.25) is 5.95 Å². The van der Waals surface area contributed by atoms with Gasteiger partial charge >= 0.3 is 0 Å². The molecule has 1 N–H and O–H groups in total. The number of benzene rings is 2. The van der Waals surface area contributed by atoms with Crippen molar-refractivity contribution >= 4 is 11.6 Å². The minimum Gasteiger partial charge on any atom is -0.378 e. The zero-order chi connectivity index (χ0) is 16.1. The number of rotatable bonds is 5. The Morgan fingerprint density at radius 1 is 0.913 bits per heavy atom. The average Bonchev–Trinajstić information content (AvgIpc) is 2.61. The van der Waals surface area contributed by atoms with E-state index in [1.807, 2.05) is 38.4 Å². The van der Waals surface area contributed by atoms with Crippen LogP contribution in [0, 0.1) is 0 Å². The highest BCUT2D eigenvalue weighted by atomic mass is 15.1. The van der Waals surface area contributed by atoms with Crippen molar-refractivity contribution in [2.75, 3.05) is 24.3 Å². The van der Waals surface area contributed by atoms with Crippen molar-refractivity contribution in [3.05, 3.63) is 72.4 Å². The molecule has 0 saturated heterocycles. The van der Waals surface area contributed by atoms with Gasteiger partial charge in [0.15, 0.2) is 0 Å². The van der Waals surface area contributed by atoms with Crippen molar-refractivity contribution in [2.24, 2.45) is 0 Å². The van der Waals surface area contributed by atoms with Crippen LogP contribution in [0.2, 0.25) is 0 Å². The molecular formula is C19H20N4. The summed E-state index contributed by atoms with van der Waals surface area (Å²) >= 11 is 0. The largest absolute Gasteiger partial charge is 0.378 e. The molecule has 0 aliphatic heterocycles. The van der Waals surface area contributed by atoms with E-state index in [9.17, 15) is 0 Å². The zero-order valence-corrected chi connectivity index (χ0v) is 13.4. The second-order valence-corrected chi connectivity index (χ2v) is 5.55. The molecule has 116 valence electrons. The van der Waals surface area contributed by atoms with Crippen LogP contribution in [0.3, 0.4) is 0 Å². The minimum atomic E-state index is 0.642. The highest BCUT2D eigenvalue weighted by Gasteiger charge is 2.03. The molecule has 0 fully saturated rings. The van der Waals surface area contributed by atoms with Gasteiger partial charge < -0.3 is 10.2 Å². The average molecular weight is 304 g/mol. The molecule has 4 heteroatoms. The molecule has 0 aliphatic rings. The number of hydrogen-bond donors (Lipinski definition) is 1. The van der Waals surface area contributed by atoms with E-state index < -0.39 is 0 Å². The van der Waals surface area contributed by atoms with E-state index in [1.165, 1.54) is 11.3 Å². The summed E-state index contributed by atoms with van der Waals surface area (Å²) in [7, 11) is 4.07. The first kappa shape index (κ1) is 15.0. The molecule has 0 amide bonds. The summed E-state index contributed by atoms with van der Waals surface area (Å²) in [6, 6.07) is 20.5. The van der Waals surface area contributed by atoms with Gasteiger partial charge in [0.1, 0.15) is 0 Å². The van der Waals surface area contributed by atoms with Gasteiger partial charge in [-0.05, 0) is 23.8 Å². The molecule has 23 heavy (non-hydrogen) atoms. The summed E-state index contributed by atoms with van der Waals surface area (Å²) in [5.74, 6) is 0.642. The van der Waals surface area contributed by atoms with Gasteiger partial charge in [0, 0.05) is 38.1 Å². The van der Waals surface area contributed by atoms with Crippen molar-refractivity contribution in [3.8, 4) is 11.3 Å². The van der Waals surface area contributed by atoms with E-state index in [2.05, 4.69) is 56.6 Å². The van der Waals surface area contributed by atoms with Gasteiger partial charge in [-0.1, -0.05) is 42.5 Å². The summed E-state index contributed by atoms with van der Waals surface area (Å²) in [6.07, 6.45) is 1.79. The lowest BCUT2D eigenvalue weighted by molar-refractivity contribution is 1.06. The SMILES string of the molecule is CN(C)c1ccc(-c2ccnc(NCc3ccccc3)n2)cc1. The van der Waals surface area contributed by atoms with Crippen molar-refractivity contribution in [3.63, 3.8) is 0 Å². The van der Waals surface area contributed by atoms with E-state index in [-0.39, 0.29) is 0 Å². The lowest BCUT2D eigenvalue weighted by Gasteiger charge is -2.12. The lowest BCUT2D eigenvalue weighted by atomic mass is 10.1. The monoisotopic (exact) mass is 304 g/mol. The number of anilines is 2. The number of hydrogen-bond acceptors (Lipinski definition) is 4. The first-order chi connectivity index (χ1) is 11.2. The van der Waals surface area contributed by atoms with Gasteiger partial charge in [0.25, 0.3) is 0 Å². The van der Waals surface area contributed by atoms with Crippen LogP contribution in [-0.4, -0.2) is 24.1 Å². The molecular weight excluding hydrogens is 284 g/mol. The van der Waals surface area contributed by atoms with Gasteiger partial charge in [-0.15, -0.1) is 0 Å².